The van der Waals surface area contributed by atoms with Crippen LogP contribution in [0.25, 0.3) is 0 Å². The second-order valence-corrected chi connectivity index (χ2v) is 3.63. The van der Waals surface area contributed by atoms with Crippen LogP contribution in [0.3, 0.4) is 0 Å². The van der Waals surface area contributed by atoms with Crippen molar-refractivity contribution in [2.75, 3.05) is 39.6 Å². The maximum Gasteiger partial charge on any atom is 0.147 e. The zero-order valence-corrected chi connectivity index (χ0v) is 8.95. The molecule has 0 amide bonds. The zero-order valence-electron chi connectivity index (χ0n) is 8.95. The van der Waals surface area contributed by atoms with Crippen molar-refractivity contribution in [3.63, 3.8) is 0 Å². The number of hydrogen-bond acceptors (Lipinski definition) is 4. The average Bonchev–Trinajstić information content (AvgIpc) is 2.20. The maximum absolute atomic E-state index is 8.89. The van der Waals surface area contributed by atoms with E-state index in [0.717, 1.165) is 39.1 Å². The van der Waals surface area contributed by atoms with Gasteiger partial charge in [-0.05, 0) is 19.4 Å². The topological polar surface area (TPSA) is 41.9 Å². The summed E-state index contributed by atoms with van der Waals surface area (Å²) in [5.41, 5.74) is 0. The lowest BCUT2D eigenvalue weighted by atomic mass is 10.2. The summed E-state index contributed by atoms with van der Waals surface area (Å²) in [4.78, 5) is 2.25. The van der Waals surface area contributed by atoms with E-state index in [2.05, 4.69) is 11.8 Å². The van der Waals surface area contributed by atoms with Crippen molar-refractivity contribution in [3.05, 3.63) is 0 Å². The number of aliphatic hydroxyl groups is 1. The first-order chi connectivity index (χ1) is 6.86. The van der Waals surface area contributed by atoms with Crippen molar-refractivity contribution in [2.24, 2.45) is 0 Å². The molecule has 0 radical (unpaired) electrons. The second-order valence-electron chi connectivity index (χ2n) is 3.63. The van der Waals surface area contributed by atoms with Crippen molar-refractivity contribution < 1.29 is 14.6 Å². The fraction of sp³-hybridized carbons (Fsp3) is 1.00. The Morgan fingerprint density at radius 3 is 2.86 bits per heavy atom. The van der Waals surface area contributed by atoms with Crippen LogP contribution < -0.4 is 0 Å². The lowest BCUT2D eigenvalue weighted by Crippen LogP contribution is -2.39. The molecule has 0 aromatic rings. The van der Waals surface area contributed by atoms with Gasteiger partial charge in [-0.2, -0.15) is 0 Å². The Bertz CT molecular complexity index is 131. The summed E-state index contributed by atoms with van der Waals surface area (Å²) in [5.74, 6) is 0. The van der Waals surface area contributed by atoms with E-state index in [9.17, 15) is 0 Å². The molecule has 4 nitrogen and oxygen atoms in total. The van der Waals surface area contributed by atoms with Gasteiger partial charge in [0.05, 0.1) is 19.3 Å². The van der Waals surface area contributed by atoms with Gasteiger partial charge >= 0.3 is 0 Å². The van der Waals surface area contributed by atoms with E-state index in [0.29, 0.717) is 6.79 Å². The van der Waals surface area contributed by atoms with Crippen LogP contribution in [0.2, 0.25) is 0 Å². The van der Waals surface area contributed by atoms with Gasteiger partial charge in [0.25, 0.3) is 0 Å². The van der Waals surface area contributed by atoms with Crippen LogP contribution in [0, 0.1) is 0 Å². The van der Waals surface area contributed by atoms with Crippen LogP contribution in [0.1, 0.15) is 19.8 Å². The monoisotopic (exact) mass is 203 g/mol. The van der Waals surface area contributed by atoms with E-state index in [1.165, 1.54) is 0 Å². The highest BCUT2D eigenvalue weighted by atomic mass is 16.7. The minimum absolute atomic E-state index is 0.225. The molecule has 0 bridgehead atoms. The predicted molar refractivity (Wildman–Crippen MR) is 54.1 cm³/mol. The summed E-state index contributed by atoms with van der Waals surface area (Å²) < 4.78 is 10.6. The first-order valence-electron chi connectivity index (χ1n) is 5.39. The lowest BCUT2D eigenvalue weighted by molar-refractivity contribution is -0.144. The Hall–Kier alpha value is -0.160. The highest BCUT2D eigenvalue weighted by molar-refractivity contribution is 4.67. The van der Waals surface area contributed by atoms with Gasteiger partial charge in [-0.25, -0.2) is 0 Å². The first-order valence-corrected chi connectivity index (χ1v) is 5.39. The van der Waals surface area contributed by atoms with Crippen molar-refractivity contribution in [3.8, 4) is 0 Å². The number of ether oxygens (including phenoxy) is 2. The standard InChI is InChI=1S/C10H21NO3/c1-2-4-11(5-6-12)8-10-3-7-13-9-14-10/h10,12H,2-9H2,1H3. The van der Waals surface area contributed by atoms with Crippen molar-refractivity contribution in [1.29, 1.82) is 0 Å². The third-order valence-corrected chi connectivity index (χ3v) is 2.39. The molecule has 1 heterocycles. The zero-order chi connectivity index (χ0) is 10.2. The highest BCUT2D eigenvalue weighted by Gasteiger charge is 2.17. The van der Waals surface area contributed by atoms with Gasteiger partial charge in [0.1, 0.15) is 6.79 Å². The van der Waals surface area contributed by atoms with Crippen LogP contribution in [0.5, 0.6) is 0 Å². The van der Waals surface area contributed by atoms with Gasteiger partial charge in [0, 0.05) is 13.1 Å². The van der Waals surface area contributed by atoms with Crippen LogP contribution in [0.4, 0.5) is 0 Å². The Balaban J connectivity index is 2.21. The van der Waals surface area contributed by atoms with E-state index in [1.807, 2.05) is 0 Å². The normalized spacial score (nSPS) is 22.9. The number of rotatable bonds is 6. The summed E-state index contributed by atoms with van der Waals surface area (Å²) >= 11 is 0. The van der Waals surface area contributed by atoms with Crippen molar-refractivity contribution in [1.82, 2.24) is 4.90 Å². The maximum atomic E-state index is 8.89. The molecule has 0 saturated carbocycles. The van der Waals surface area contributed by atoms with Gasteiger partial charge in [0.2, 0.25) is 0 Å². The number of aliphatic hydroxyl groups excluding tert-OH is 1. The SMILES string of the molecule is CCCN(CCO)CC1CCOCO1. The van der Waals surface area contributed by atoms with Gasteiger partial charge in [-0.3, -0.25) is 4.90 Å². The molecule has 1 atom stereocenters. The van der Waals surface area contributed by atoms with Gasteiger partial charge in [-0.15, -0.1) is 0 Å². The van der Waals surface area contributed by atoms with Crippen molar-refractivity contribution >= 4 is 0 Å². The van der Waals surface area contributed by atoms with Crippen molar-refractivity contribution in [2.45, 2.75) is 25.9 Å². The molecule has 1 unspecified atom stereocenters. The fourth-order valence-corrected chi connectivity index (χ4v) is 1.69. The molecule has 0 aromatic carbocycles. The Morgan fingerprint density at radius 1 is 1.43 bits per heavy atom. The molecule has 1 aliphatic heterocycles. The van der Waals surface area contributed by atoms with Crippen LogP contribution in [0.15, 0.2) is 0 Å². The van der Waals surface area contributed by atoms with E-state index in [1.54, 1.807) is 0 Å². The molecule has 4 heteroatoms. The molecule has 0 aliphatic carbocycles. The average molecular weight is 203 g/mol. The Kier molecular flexibility index (Phi) is 6.10. The van der Waals surface area contributed by atoms with E-state index < -0.39 is 0 Å². The first kappa shape index (κ1) is 11.9. The molecule has 0 aromatic heterocycles. The quantitative estimate of drug-likeness (QED) is 0.680. The molecule has 0 spiro atoms. The molecule has 1 fully saturated rings. The second kappa shape index (κ2) is 7.17. The van der Waals surface area contributed by atoms with Crippen LogP contribution >= 0.6 is 0 Å². The third-order valence-electron chi connectivity index (χ3n) is 2.39. The van der Waals surface area contributed by atoms with Gasteiger partial charge in [-0.1, -0.05) is 6.92 Å². The molecule has 1 saturated heterocycles. The molecule has 84 valence electrons. The predicted octanol–water partition coefficient (Wildman–Crippen LogP) is 0.454. The summed E-state index contributed by atoms with van der Waals surface area (Å²) in [6.45, 7) is 6.28. The van der Waals surface area contributed by atoms with E-state index in [4.69, 9.17) is 14.6 Å². The smallest absolute Gasteiger partial charge is 0.147 e. The molecule has 1 aliphatic rings. The van der Waals surface area contributed by atoms with Crippen LogP contribution in [-0.4, -0.2) is 55.8 Å². The van der Waals surface area contributed by atoms with E-state index >= 15 is 0 Å². The molecule has 1 rings (SSSR count). The third kappa shape index (κ3) is 4.37. The summed E-state index contributed by atoms with van der Waals surface area (Å²) in [7, 11) is 0. The summed E-state index contributed by atoms with van der Waals surface area (Å²) in [6, 6.07) is 0. The Labute approximate surface area is 85.8 Å². The molecule has 14 heavy (non-hydrogen) atoms. The van der Waals surface area contributed by atoms with Crippen LogP contribution in [-0.2, 0) is 9.47 Å². The molecule has 1 N–H and O–H groups in total. The largest absolute Gasteiger partial charge is 0.395 e. The molecular formula is C10H21NO3. The fourth-order valence-electron chi connectivity index (χ4n) is 1.69. The minimum atomic E-state index is 0.225. The number of hydrogen-bond donors (Lipinski definition) is 1. The molecular weight excluding hydrogens is 182 g/mol. The van der Waals surface area contributed by atoms with Gasteiger partial charge < -0.3 is 14.6 Å². The highest BCUT2D eigenvalue weighted by Crippen LogP contribution is 2.08. The summed E-state index contributed by atoms with van der Waals surface area (Å²) in [5, 5.41) is 8.89. The van der Waals surface area contributed by atoms with Gasteiger partial charge in [0.15, 0.2) is 0 Å². The minimum Gasteiger partial charge on any atom is -0.395 e. The lowest BCUT2D eigenvalue weighted by Gasteiger charge is -2.29. The van der Waals surface area contributed by atoms with E-state index in [-0.39, 0.29) is 12.7 Å². The number of nitrogens with zero attached hydrogens (tertiary/aromatic N) is 1. The Morgan fingerprint density at radius 2 is 2.29 bits per heavy atom. The summed E-state index contributed by atoms with van der Waals surface area (Å²) in [6.07, 6.45) is 2.36.